The summed E-state index contributed by atoms with van der Waals surface area (Å²) in [6, 6.07) is 8.65. The van der Waals surface area contributed by atoms with Crippen molar-refractivity contribution in [2.45, 2.75) is 16.2 Å². The van der Waals surface area contributed by atoms with E-state index >= 15 is 4.39 Å². The van der Waals surface area contributed by atoms with Crippen molar-refractivity contribution in [2.24, 2.45) is 0 Å². The van der Waals surface area contributed by atoms with E-state index in [0.29, 0.717) is 22.6 Å². The fourth-order valence-corrected chi connectivity index (χ4v) is 5.44. The molecule has 0 saturated carbocycles. The van der Waals surface area contributed by atoms with Gasteiger partial charge in [0.1, 0.15) is 11.4 Å². The average molecular weight is 456 g/mol. The zero-order chi connectivity index (χ0) is 22.2. The molecule has 1 aromatic heterocycles. The number of carbonyl (C=O) groups is 1. The first-order valence-electron chi connectivity index (χ1n) is 10.5. The Morgan fingerprint density at radius 2 is 2.03 bits per heavy atom. The Morgan fingerprint density at radius 1 is 1.25 bits per heavy atom. The molecule has 0 radical (unpaired) electrons. The largest absolute Gasteiger partial charge is 0.477 e. The molecular formula is C23H22FN3O4S. The molecule has 0 spiro atoms. The number of hydrogen-bond acceptors (Lipinski definition) is 6. The zero-order valence-corrected chi connectivity index (χ0v) is 18.1. The fourth-order valence-electron chi connectivity index (χ4n) is 4.23. The SMILES string of the molecule is O=C(O)c1cn2c3c(c(NCCCN4CCOCC4)c(F)cc3c1=O)Sc1ccccc1-2. The Morgan fingerprint density at radius 3 is 2.81 bits per heavy atom. The van der Waals surface area contributed by atoms with E-state index in [-0.39, 0.29) is 10.9 Å². The van der Waals surface area contributed by atoms with Crippen LogP contribution in [0.25, 0.3) is 16.6 Å². The molecule has 1 saturated heterocycles. The summed E-state index contributed by atoms with van der Waals surface area (Å²) < 4.78 is 22.3. The minimum Gasteiger partial charge on any atom is -0.477 e. The molecule has 2 N–H and O–H groups in total. The van der Waals surface area contributed by atoms with Crippen LogP contribution in [-0.4, -0.2) is 59.9 Å². The second-order valence-electron chi connectivity index (χ2n) is 7.81. The second kappa shape index (κ2) is 8.57. The minimum atomic E-state index is -1.33. The van der Waals surface area contributed by atoms with Crippen molar-refractivity contribution in [3.05, 3.63) is 58.1 Å². The lowest BCUT2D eigenvalue weighted by Crippen LogP contribution is -2.37. The molecule has 0 unspecified atom stereocenters. The first-order chi connectivity index (χ1) is 15.5. The Bertz CT molecular complexity index is 1270. The highest BCUT2D eigenvalue weighted by molar-refractivity contribution is 8.00. The summed E-state index contributed by atoms with van der Waals surface area (Å²) in [7, 11) is 0. The number of hydrogen-bond donors (Lipinski definition) is 2. The minimum absolute atomic E-state index is 0.0678. The number of anilines is 1. The van der Waals surface area contributed by atoms with Crippen molar-refractivity contribution in [3.63, 3.8) is 0 Å². The third-order valence-corrected chi connectivity index (χ3v) is 6.99. The van der Waals surface area contributed by atoms with Gasteiger partial charge < -0.3 is 19.7 Å². The topological polar surface area (TPSA) is 83.8 Å². The molecule has 3 aromatic rings. The lowest BCUT2D eigenvalue weighted by atomic mass is 10.1. The molecule has 3 heterocycles. The molecule has 2 aliphatic heterocycles. The predicted molar refractivity (Wildman–Crippen MR) is 121 cm³/mol. The second-order valence-corrected chi connectivity index (χ2v) is 8.86. The van der Waals surface area contributed by atoms with Gasteiger partial charge in [-0.05, 0) is 31.2 Å². The maximum absolute atomic E-state index is 15.2. The standard InChI is InChI=1S/C23H22FN3O4S/c24-16-12-14-20-22(19(16)25-6-3-7-26-8-10-31-11-9-26)32-18-5-2-1-4-17(18)27(20)13-15(21(14)28)23(29)30/h1-2,4-5,12-13,25H,3,6-11H2,(H,29,30). The Hall–Kier alpha value is -2.88. The zero-order valence-electron chi connectivity index (χ0n) is 17.3. The molecule has 32 heavy (non-hydrogen) atoms. The van der Waals surface area contributed by atoms with Crippen LogP contribution >= 0.6 is 11.8 Å². The van der Waals surface area contributed by atoms with Crippen LogP contribution in [0.4, 0.5) is 10.1 Å². The number of nitrogens with one attached hydrogen (secondary N) is 1. The maximum atomic E-state index is 15.2. The van der Waals surface area contributed by atoms with Gasteiger partial charge in [0.2, 0.25) is 5.43 Å². The monoisotopic (exact) mass is 455 g/mol. The smallest absolute Gasteiger partial charge is 0.341 e. The number of ether oxygens (including phenoxy) is 1. The number of fused-ring (bicyclic) bond motifs is 2. The molecule has 2 aromatic carbocycles. The highest BCUT2D eigenvalue weighted by Crippen LogP contribution is 2.46. The average Bonchev–Trinajstić information content (AvgIpc) is 2.80. The van der Waals surface area contributed by atoms with Crippen LogP contribution in [0.5, 0.6) is 0 Å². The van der Waals surface area contributed by atoms with Gasteiger partial charge in [0, 0.05) is 30.7 Å². The van der Waals surface area contributed by atoms with Crippen molar-refractivity contribution in [1.82, 2.24) is 9.47 Å². The van der Waals surface area contributed by atoms with Crippen molar-refractivity contribution >= 4 is 34.3 Å². The van der Waals surface area contributed by atoms with Crippen LogP contribution in [0.2, 0.25) is 0 Å². The number of pyridine rings is 1. The van der Waals surface area contributed by atoms with Gasteiger partial charge in [-0.25, -0.2) is 9.18 Å². The molecule has 0 bridgehead atoms. The van der Waals surface area contributed by atoms with Crippen molar-refractivity contribution in [3.8, 4) is 5.69 Å². The fraction of sp³-hybridized carbons (Fsp3) is 0.304. The molecule has 0 amide bonds. The molecule has 2 aliphatic rings. The van der Waals surface area contributed by atoms with Crippen LogP contribution in [-0.2, 0) is 4.74 Å². The number of nitrogens with zero attached hydrogens (tertiary/aromatic N) is 2. The summed E-state index contributed by atoms with van der Waals surface area (Å²) in [5.41, 5.74) is 0.580. The predicted octanol–water partition coefficient (Wildman–Crippen LogP) is 3.43. The summed E-state index contributed by atoms with van der Waals surface area (Å²) >= 11 is 1.39. The lowest BCUT2D eigenvalue weighted by molar-refractivity contribution is 0.0378. The summed E-state index contributed by atoms with van der Waals surface area (Å²) in [5.74, 6) is -1.89. The number of aromatic nitrogens is 1. The van der Waals surface area contributed by atoms with Gasteiger partial charge in [-0.1, -0.05) is 23.9 Å². The molecule has 166 valence electrons. The number of carboxylic acids is 1. The third-order valence-electron chi connectivity index (χ3n) is 5.82. The van der Waals surface area contributed by atoms with Gasteiger partial charge in [-0.2, -0.15) is 0 Å². The third kappa shape index (κ3) is 3.66. The van der Waals surface area contributed by atoms with Crippen molar-refractivity contribution in [2.75, 3.05) is 44.7 Å². The summed E-state index contributed by atoms with van der Waals surface area (Å²) in [5, 5.41) is 12.8. The highest BCUT2D eigenvalue weighted by Gasteiger charge is 2.27. The van der Waals surface area contributed by atoms with Gasteiger partial charge in [-0.15, -0.1) is 0 Å². The van der Waals surface area contributed by atoms with E-state index in [1.165, 1.54) is 18.0 Å². The number of halogens is 1. The molecule has 0 atom stereocenters. The van der Waals surface area contributed by atoms with Crippen molar-refractivity contribution < 1.29 is 19.0 Å². The molecule has 9 heteroatoms. The molecule has 1 fully saturated rings. The Labute approximate surface area is 187 Å². The Kier molecular flexibility index (Phi) is 5.62. The molecule has 0 aliphatic carbocycles. The van der Waals surface area contributed by atoms with E-state index in [0.717, 1.165) is 55.9 Å². The van der Waals surface area contributed by atoms with Crippen LogP contribution < -0.4 is 10.7 Å². The number of rotatable bonds is 6. The van der Waals surface area contributed by atoms with E-state index in [4.69, 9.17) is 4.74 Å². The number of carboxylic acid groups (broad SMARTS) is 1. The van der Waals surface area contributed by atoms with Gasteiger partial charge in [0.25, 0.3) is 0 Å². The Balaban J connectivity index is 1.55. The van der Waals surface area contributed by atoms with Gasteiger partial charge in [0.15, 0.2) is 0 Å². The molecular weight excluding hydrogens is 433 g/mol. The number of morpholine rings is 1. The molecule has 7 nitrogen and oxygen atoms in total. The number of para-hydroxylation sites is 1. The summed E-state index contributed by atoms with van der Waals surface area (Å²) in [4.78, 5) is 28.3. The first kappa shape index (κ1) is 21.0. The van der Waals surface area contributed by atoms with Crippen molar-refractivity contribution in [1.29, 1.82) is 0 Å². The highest BCUT2D eigenvalue weighted by atomic mass is 32.2. The van der Waals surface area contributed by atoms with Crippen LogP contribution in [0, 0.1) is 5.82 Å². The van der Waals surface area contributed by atoms with E-state index < -0.39 is 17.2 Å². The first-order valence-corrected chi connectivity index (χ1v) is 11.3. The number of aromatic carboxylic acids is 1. The number of benzene rings is 2. The summed E-state index contributed by atoms with van der Waals surface area (Å²) in [6.07, 6.45) is 2.18. The van der Waals surface area contributed by atoms with Crippen LogP contribution in [0.3, 0.4) is 0 Å². The molecule has 5 rings (SSSR count). The summed E-state index contributed by atoms with van der Waals surface area (Å²) in [6.45, 7) is 4.75. The van der Waals surface area contributed by atoms with Crippen LogP contribution in [0.15, 0.2) is 51.1 Å². The quantitative estimate of drug-likeness (QED) is 0.431. The van der Waals surface area contributed by atoms with E-state index in [2.05, 4.69) is 10.2 Å². The van der Waals surface area contributed by atoms with Gasteiger partial charge in [0.05, 0.1) is 40.4 Å². The van der Waals surface area contributed by atoms with E-state index in [1.54, 1.807) is 4.57 Å². The lowest BCUT2D eigenvalue weighted by Gasteiger charge is -2.27. The maximum Gasteiger partial charge on any atom is 0.341 e. The van der Waals surface area contributed by atoms with E-state index in [1.807, 2.05) is 24.3 Å². The van der Waals surface area contributed by atoms with Crippen LogP contribution in [0.1, 0.15) is 16.8 Å². The van der Waals surface area contributed by atoms with Gasteiger partial charge >= 0.3 is 5.97 Å². The van der Waals surface area contributed by atoms with E-state index in [9.17, 15) is 14.7 Å². The normalized spacial score (nSPS) is 15.5. The van der Waals surface area contributed by atoms with Gasteiger partial charge in [-0.3, -0.25) is 9.69 Å².